The van der Waals surface area contributed by atoms with E-state index in [1.165, 1.54) is 23.6 Å². The zero-order valence-corrected chi connectivity index (χ0v) is 13.6. The van der Waals surface area contributed by atoms with Crippen molar-refractivity contribution in [1.82, 2.24) is 10.7 Å². The first kappa shape index (κ1) is 16.2. The van der Waals surface area contributed by atoms with Gasteiger partial charge in [0.1, 0.15) is 5.75 Å². The van der Waals surface area contributed by atoms with Gasteiger partial charge in [0.25, 0.3) is 11.8 Å². The topological polar surface area (TPSA) is 90.8 Å². The van der Waals surface area contributed by atoms with Gasteiger partial charge in [0.2, 0.25) is 0 Å². The molecule has 0 bridgehead atoms. The molecule has 8 heteroatoms. The summed E-state index contributed by atoms with van der Waals surface area (Å²) in [7, 11) is 0. The van der Waals surface area contributed by atoms with E-state index in [2.05, 4.69) is 31.8 Å². The quantitative estimate of drug-likeness (QED) is 0.546. The Morgan fingerprint density at radius 2 is 2.18 bits per heavy atom. The van der Waals surface area contributed by atoms with Gasteiger partial charge in [-0.25, -0.2) is 5.43 Å². The summed E-state index contributed by atoms with van der Waals surface area (Å²) in [5, 5.41) is 17.6. The maximum absolute atomic E-state index is 11.6. The Labute approximate surface area is 139 Å². The molecule has 0 aliphatic carbocycles. The van der Waals surface area contributed by atoms with Gasteiger partial charge >= 0.3 is 0 Å². The number of hydrogen-bond donors (Lipinski definition) is 3. The van der Waals surface area contributed by atoms with E-state index in [0.717, 1.165) is 4.47 Å². The molecular weight excluding hydrogens is 370 g/mol. The Kier molecular flexibility index (Phi) is 5.68. The molecule has 2 amide bonds. The minimum atomic E-state index is -0.462. The van der Waals surface area contributed by atoms with E-state index in [4.69, 9.17) is 0 Å². The van der Waals surface area contributed by atoms with E-state index in [0.29, 0.717) is 10.4 Å². The Morgan fingerprint density at radius 3 is 2.91 bits per heavy atom. The summed E-state index contributed by atoms with van der Waals surface area (Å²) in [5.41, 5.74) is 2.73. The Bertz CT molecular complexity index is 701. The van der Waals surface area contributed by atoms with Crippen molar-refractivity contribution in [1.29, 1.82) is 0 Å². The lowest BCUT2D eigenvalue weighted by molar-refractivity contribution is -0.120. The molecule has 6 nitrogen and oxygen atoms in total. The van der Waals surface area contributed by atoms with E-state index in [-0.39, 0.29) is 18.2 Å². The van der Waals surface area contributed by atoms with Crippen molar-refractivity contribution >= 4 is 45.3 Å². The number of benzene rings is 1. The zero-order valence-electron chi connectivity index (χ0n) is 11.2. The highest BCUT2D eigenvalue weighted by Crippen LogP contribution is 2.19. The number of carbonyl (C=O) groups is 2. The summed E-state index contributed by atoms with van der Waals surface area (Å²) in [6, 6.07) is 8.28. The number of phenolic OH excluding ortho intramolecular Hbond substituents is 1. The van der Waals surface area contributed by atoms with Gasteiger partial charge in [-0.15, -0.1) is 11.3 Å². The number of rotatable bonds is 5. The van der Waals surface area contributed by atoms with Crippen molar-refractivity contribution in [2.24, 2.45) is 5.10 Å². The predicted molar refractivity (Wildman–Crippen MR) is 88.2 cm³/mol. The third kappa shape index (κ3) is 4.68. The number of nitrogens with one attached hydrogen (secondary N) is 2. The molecule has 1 heterocycles. The van der Waals surface area contributed by atoms with Crippen molar-refractivity contribution in [3.63, 3.8) is 0 Å². The number of nitrogens with zero attached hydrogens (tertiary/aromatic N) is 1. The van der Waals surface area contributed by atoms with Crippen molar-refractivity contribution < 1.29 is 14.7 Å². The summed E-state index contributed by atoms with van der Waals surface area (Å²) in [6.45, 7) is -0.182. The second-order valence-electron chi connectivity index (χ2n) is 4.16. The van der Waals surface area contributed by atoms with Crippen LogP contribution in [-0.4, -0.2) is 29.7 Å². The smallest absolute Gasteiger partial charge is 0.261 e. The summed E-state index contributed by atoms with van der Waals surface area (Å²) in [4.78, 5) is 23.7. The highest BCUT2D eigenvalue weighted by atomic mass is 79.9. The maximum Gasteiger partial charge on any atom is 0.261 e. The van der Waals surface area contributed by atoms with Crippen molar-refractivity contribution in [2.75, 3.05) is 6.54 Å². The average molecular weight is 382 g/mol. The number of hydrogen-bond acceptors (Lipinski definition) is 5. The van der Waals surface area contributed by atoms with E-state index in [1.807, 2.05) is 0 Å². The van der Waals surface area contributed by atoms with E-state index in [1.54, 1.807) is 29.6 Å². The SMILES string of the molecule is O=C(CNC(=O)c1cccs1)N/N=C\c1cc(Br)ccc1O. The molecule has 0 fully saturated rings. The molecule has 0 unspecified atom stereocenters. The molecule has 0 aliphatic rings. The van der Waals surface area contributed by atoms with Crippen LogP contribution in [0.4, 0.5) is 0 Å². The Balaban J connectivity index is 1.81. The van der Waals surface area contributed by atoms with Gasteiger partial charge in [-0.1, -0.05) is 22.0 Å². The van der Waals surface area contributed by atoms with Gasteiger partial charge in [0, 0.05) is 10.0 Å². The number of amides is 2. The molecule has 0 saturated carbocycles. The molecule has 0 radical (unpaired) electrons. The third-order valence-corrected chi connectivity index (χ3v) is 3.90. The Hall–Kier alpha value is -2.19. The van der Waals surface area contributed by atoms with Crippen LogP contribution in [0.2, 0.25) is 0 Å². The van der Waals surface area contributed by atoms with Crippen LogP contribution in [0.3, 0.4) is 0 Å². The minimum Gasteiger partial charge on any atom is -0.507 e. The van der Waals surface area contributed by atoms with Gasteiger partial charge in [-0.3, -0.25) is 9.59 Å². The van der Waals surface area contributed by atoms with Crippen LogP contribution in [0.1, 0.15) is 15.2 Å². The molecule has 0 saturated heterocycles. The molecule has 22 heavy (non-hydrogen) atoms. The number of hydrazone groups is 1. The van der Waals surface area contributed by atoms with Crippen LogP contribution in [0.5, 0.6) is 5.75 Å². The van der Waals surface area contributed by atoms with Gasteiger partial charge < -0.3 is 10.4 Å². The fraction of sp³-hybridized carbons (Fsp3) is 0.0714. The van der Waals surface area contributed by atoms with Crippen LogP contribution in [0.25, 0.3) is 0 Å². The van der Waals surface area contributed by atoms with Gasteiger partial charge in [0.05, 0.1) is 17.6 Å². The van der Waals surface area contributed by atoms with E-state index < -0.39 is 5.91 Å². The molecule has 1 aromatic carbocycles. The van der Waals surface area contributed by atoms with Crippen LogP contribution in [-0.2, 0) is 4.79 Å². The lowest BCUT2D eigenvalue weighted by Gasteiger charge is -2.02. The minimum absolute atomic E-state index is 0.0483. The van der Waals surface area contributed by atoms with Gasteiger partial charge in [0.15, 0.2) is 0 Å². The lowest BCUT2D eigenvalue weighted by atomic mass is 10.2. The molecule has 2 rings (SSSR count). The third-order valence-electron chi connectivity index (χ3n) is 2.54. The molecule has 2 aromatic rings. The first-order valence-corrected chi connectivity index (χ1v) is 7.85. The van der Waals surface area contributed by atoms with Crippen molar-refractivity contribution in [3.05, 3.63) is 50.6 Å². The maximum atomic E-state index is 11.6. The number of carbonyl (C=O) groups excluding carboxylic acids is 2. The predicted octanol–water partition coefficient (Wildman–Crippen LogP) is 2.10. The van der Waals surface area contributed by atoms with Gasteiger partial charge in [-0.2, -0.15) is 5.10 Å². The highest BCUT2D eigenvalue weighted by Gasteiger charge is 2.08. The molecule has 0 spiro atoms. The van der Waals surface area contributed by atoms with Crippen LogP contribution >= 0.6 is 27.3 Å². The van der Waals surface area contributed by atoms with Gasteiger partial charge in [-0.05, 0) is 29.6 Å². The zero-order chi connectivity index (χ0) is 15.9. The number of phenols is 1. The van der Waals surface area contributed by atoms with Crippen LogP contribution in [0, 0.1) is 0 Å². The highest BCUT2D eigenvalue weighted by molar-refractivity contribution is 9.10. The monoisotopic (exact) mass is 381 g/mol. The van der Waals surface area contributed by atoms with Crippen molar-refractivity contribution in [3.8, 4) is 5.75 Å². The number of aromatic hydroxyl groups is 1. The van der Waals surface area contributed by atoms with Crippen molar-refractivity contribution in [2.45, 2.75) is 0 Å². The Morgan fingerprint density at radius 1 is 1.36 bits per heavy atom. The second kappa shape index (κ2) is 7.71. The standard InChI is InChI=1S/C14H12BrN3O3S/c15-10-3-4-11(19)9(6-10)7-17-18-13(20)8-16-14(21)12-2-1-5-22-12/h1-7,19H,8H2,(H,16,21)(H,18,20)/b17-7-. The largest absolute Gasteiger partial charge is 0.507 e. The van der Waals surface area contributed by atoms with E-state index >= 15 is 0 Å². The molecule has 1 aromatic heterocycles. The number of thiophene rings is 1. The van der Waals surface area contributed by atoms with Crippen LogP contribution in [0.15, 0.2) is 45.3 Å². The van der Waals surface area contributed by atoms with E-state index in [9.17, 15) is 14.7 Å². The summed E-state index contributed by atoms with van der Waals surface area (Å²) in [5.74, 6) is -0.721. The molecule has 114 valence electrons. The molecule has 3 N–H and O–H groups in total. The summed E-state index contributed by atoms with van der Waals surface area (Å²) < 4.78 is 0.779. The van der Waals surface area contributed by atoms with Crippen LogP contribution < -0.4 is 10.7 Å². The lowest BCUT2D eigenvalue weighted by Crippen LogP contribution is -2.34. The summed E-state index contributed by atoms with van der Waals surface area (Å²) in [6.07, 6.45) is 1.32. The molecular formula is C14H12BrN3O3S. The first-order chi connectivity index (χ1) is 10.6. The fourth-order valence-corrected chi connectivity index (χ4v) is 2.52. The normalized spacial score (nSPS) is 10.6. The molecule has 0 aliphatic heterocycles. The second-order valence-corrected chi connectivity index (χ2v) is 6.02. The summed E-state index contributed by atoms with van der Waals surface area (Å²) >= 11 is 4.57. The number of halogens is 1. The average Bonchev–Trinajstić information content (AvgIpc) is 3.02. The fourth-order valence-electron chi connectivity index (χ4n) is 1.50. The first-order valence-electron chi connectivity index (χ1n) is 6.18. The molecule has 0 atom stereocenters.